The average molecular weight is 498 g/mol. The van der Waals surface area contributed by atoms with Crippen molar-refractivity contribution in [3.05, 3.63) is 70.5 Å². The van der Waals surface area contributed by atoms with Gasteiger partial charge in [0.25, 0.3) is 5.91 Å². The van der Waals surface area contributed by atoms with Crippen LogP contribution in [0.2, 0.25) is 0 Å². The number of rotatable bonds is 7. The first-order valence-electron chi connectivity index (χ1n) is 9.11. The first-order chi connectivity index (χ1) is 13.0. The lowest BCUT2D eigenvalue weighted by Crippen LogP contribution is -2.38. The molecule has 0 aliphatic heterocycles. The largest absolute Gasteiger partial charge is 0.357 e. The van der Waals surface area contributed by atoms with Crippen molar-refractivity contribution in [2.45, 2.75) is 26.8 Å². The number of hydrogen-bond donors (Lipinski definition) is 3. The minimum Gasteiger partial charge on any atom is -0.357 e. The summed E-state index contributed by atoms with van der Waals surface area (Å²) >= 11 is 0. The van der Waals surface area contributed by atoms with Gasteiger partial charge in [0.15, 0.2) is 5.96 Å². The molecule has 28 heavy (non-hydrogen) atoms. The summed E-state index contributed by atoms with van der Waals surface area (Å²) in [6.07, 6.45) is 0.789. The van der Waals surface area contributed by atoms with Crippen LogP contribution in [0.3, 0.4) is 0 Å². The normalized spacial score (nSPS) is 10.8. The molecule has 2 rings (SSSR count). The Labute approximate surface area is 183 Å². The number of halogens is 2. The van der Waals surface area contributed by atoms with E-state index >= 15 is 0 Å². The molecule has 0 atom stereocenters. The number of benzene rings is 2. The van der Waals surface area contributed by atoms with Crippen molar-refractivity contribution in [1.29, 1.82) is 0 Å². The molecule has 0 saturated heterocycles. The molecular weight excluding hydrogens is 470 g/mol. The van der Waals surface area contributed by atoms with E-state index in [9.17, 15) is 9.18 Å². The van der Waals surface area contributed by atoms with Crippen molar-refractivity contribution < 1.29 is 9.18 Å². The predicted molar refractivity (Wildman–Crippen MR) is 123 cm³/mol. The van der Waals surface area contributed by atoms with Gasteiger partial charge in [-0.05, 0) is 61.2 Å². The second kappa shape index (κ2) is 12.3. The molecule has 0 radical (unpaired) electrons. The van der Waals surface area contributed by atoms with Gasteiger partial charge < -0.3 is 16.0 Å². The summed E-state index contributed by atoms with van der Waals surface area (Å²) in [5, 5.41) is 9.12. The number of aliphatic imine (C=N–C) groups is 1. The molecule has 7 heteroatoms. The van der Waals surface area contributed by atoms with Crippen molar-refractivity contribution in [3.63, 3.8) is 0 Å². The van der Waals surface area contributed by atoms with E-state index in [-0.39, 0.29) is 35.7 Å². The van der Waals surface area contributed by atoms with Crippen molar-refractivity contribution >= 4 is 35.8 Å². The van der Waals surface area contributed by atoms with Crippen molar-refractivity contribution in [1.82, 2.24) is 16.0 Å². The highest BCUT2D eigenvalue weighted by atomic mass is 127. The molecule has 2 aromatic carbocycles. The summed E-state index contributed by atoms with van der Waals surface area (Å²) in [7, 11) is 1.61. The van der Waals surface area contributed by atoms with Crippen LogP contribution in [0.25, 0.3) is 0 Å². The van der Waals surface area contributed by atoms with Gasteiger partial charge in [-0.2, -0.15) is 0 Å². The smallest absolute Gasteiger partial charge is 0.251 e. The molecule has 3 N–H and O–H groups in total. The van der Waals surface area contributed by atoms with Crippen LogP contribution >= 0.6 is 24.0 Å². The zero-order valence-electron chi connectivity index (χ0n) is 16.5. The van der Waals surface area contributed by atoms with E-state index in [1.165, 1.54) is 6.07 Å². The second-order valence-electron chi connectivity index (χ2n) is 6.22. The lowest BCUT2D eigenvalue weighted by Gasteiger charge is -2.12. The summed E-state index contributed by atoms with van der Waals surface area (Å²) < 4.78 is 13.2. The Bertz CT molecular complexity index is 793. The quantitative estimate of drug-likeness (QED) is 0.312. The number of carbonyl (C=O) groups excluding carboxylic acids is 1. The van der Waals surface area contributed by atoms with Gasteiger partial charge in [0.05, 0.1) is 6.54 Å². The van der Waals surface area contributed by atoms with Gasteiger partial charge >= 0.3 is 0 Å². The molecule has 0 saturated carbocycles. The lowest BCUT2D eigenvalue weighted by atomic mass is 10.1. The first kappa shape index (κ1) is 23.9. The Hall–Kier alpha value is -2.16. The van der Waals surface area contributed by atoms with E-state index in [0.717, 1.165) is 35.6 Å². The number of carbonyl (C=O) groups is 1. The number of nitrogens with zero attached hydrogens (tertiary/aromatic N) is 1. The topological polar surface area (TPSA) is 65.5 Å². The number of nitrogens with one attached hydrogen (secondary N) is 3. The van der Waals surface area contributed by atoms with Crippen LogP contribution in [-0.4, -0.2) is 32.0 Å². The van der Waals surface area contributed by atoms with Gasteiger partial charge in [-0.15, -0.1) is 24.0 Å². The summed E-state index contributed by atoms with van der Waals surface area (Å²) in [6.45, 7) is 5.91. The van der Waals surface area contributed by atoms with Crippen LogP contribution in [0.4, 0.5) is 4.39 Å². The molecule has 0 aliphatic rings. The van der Waals surface area contributed by atoms with E-state index in [2.05, 4.69) is 20.9 Å². The number of amides is 1. The van der Waals surface area contributed by atoms with Crippen molar-refractivity contribution in [3.8, 4) is 0 Å². The van der Waals surface area contributed by atoms with Gasteiger partial charge in [-0.1, -0.05) is 18.2 Å². The third kappa shape index (κ3) is 7.46. The van der Waals surface area contributed by atoms with Gasteiger partial charge in [0, 0.05) is 25.7 Å². The highest BCUT2D eigenvalue weighted by Gasteiger charge is 2.04. The van der Waals surface area contributed by atoms with Crippen LogP contribution in [0, 0.1) is 12.7 Å². The SMILES string of the molecule is CCNC(=NCc1ccc(C(=O)NC)cc1)NCCc1ccc(F)cc1C.I. The Morgan fingerprint density at radius 3 is 2.43 bits per heavy atom. The molecular formula is C21H28FIN4O. The van der Waals surface area contributed by atoms with Crippen LogP contribution in [0.5, 0.6) is 0 Å². The molecule has 0 spiro atoms. The molecule has 5 nitrogen and oxygen atoms in total. The highest BCUT2D eigenvalue weighted by Crippen LogP contribution is 2.10. The number of hydrogen-bond acceptors (Lipinski definition) is 2. The van der Waals surface area contributed by atoms with Gasteiger partial charge in [-0.25, -0.2) is 9.38 Å². The fourth-order valence-corrected chi connectivity index (χ4v) is 2.67. The Kier molecular flexibility index (Phi) is 10.5. The second-order valence-corrected chi connectivity index (χ2v) is 6.22. The van der Waals surface area contributed by atoms with E-state index in [1.807, 2.05) is 32.0 Å². The van der Waals surface area contributed by atoms with Gasteiger partial charge in [0.1, 0.15) is 5.82 Å². The maximum Gasteiger partial charge on any atom is 0.251 e. The predicted octanol–water partition coefficient (Wildman–Crippen LogP) is 3.41. The van der Waals surface area contributed by atoms with E-state index in [0.29, 0.717) is 18.7 Å². The molecule has 0 heterocycles. The molecule has 0 fully saturated rings. The Morgan fingerprint density at radius 1 is 1.11 bits per heavy atom. The average Bonchev–Trinajstić information content (AvgIpc) is 2.67. The number of aryl methyl sites for hydroxylation is 1. The molecule has 2 aromatic rings. The maximum atomic E-state index is 13.2. The summed E-state index contributed by atoms with van der Waals surface area (Å²) in [6, 6.07) is 12.3. The molecule has 152 valence electrons. The molecule has 0 aliphatic carbocycles. The fourth-order valence-electron chi connectivity index (χ4n) is 2.67. The van der Waals surface area contributed by atoms with Crippen LogP contribution in [0.1, 0.15) is 34.0 Å². The molecule has 0 unspecified atom stereocenters. The fraction of sp³-hybridized carbons (Fsp3) is 0.333. The lowest BCUT2D eigenvalue weighted by molar-refractivity contribution is 0.0963. The van der Waals surface area contributed by atoms with E-state index in [1.54, 1.807) is 25.2 Å². The first-order valence-corrected chi connectivity index (χ1v) is 9.11. The molecule has 1 amide bonds. The van der Waals surface area contributed by atoms with Crippen molar-refractivity contribution in [2.75, 3.05) is 20.1 Å². The maximum absolute atomic E-state index is 13.2. The zero-order chi connectivity index (χ0) is 19.6. The van der Waals surface area contributed by atoms with E-state index in [4.69, 9.17) is 0 Å². The Morgan fingerprint density at radius 2 is 1.82 bits per heavy atom. The van der Waals surface area contributed by atoms with E-state index < -0.39 is 0 Å². The summed E-state index contributed by atoms with van der Waals surface area (Å²) in [5.41, 5.74) is 3.72. The molecule has 0 bridgehead atoms. The van der Waals surface area contributed by atoms with Crippen molar-refractivity contribution in [2.24, 2.45) is 4.99 Å². The van der Waals surface area contributed by atoms with Crippen LogP contribution in [-0.2, 0) is 13.0 Å². The third-order valence-corrected chi connectivity index (χ3v) is 4.20. The third-order valence-electron chi connectivity index (χ3n) is 4.20. The number of guanidine groups is 1. The minimum atomic E-state index is -0.207. The Balaban J connectivity index is 0.00000392. The molecule has 0 aromatic heterocycles. The van der Waals surface area contributed by atoms with Gasteiger partial charge in [-0.3, -0.25) is 4.79 Å². The minimum absolute atomic E-state index is 0. The summed E-state index contributed by atoms with van der Waals surface area (Å²) in [5.74, 6) is 0.422. The van der Waals surface area contributed by atoms with Crippen LogP contribution in [0.15, 0.2) is 47.5 Å². The van der Waals surface area contributed by atoms with Gasteiger partial charge in [0.2, 0.25) is 0 Å². The standard InChI is InChI=1S/C21H27FN4O.HI/c1-4-24-21(25-12-11-17-9-10-19(22)13-15(17)2)26-14-16-5-7-18(8-6-16)20(27)23-3;/h5-10,13H,4,11-12,14H2,1-3H3,(H,23,27)(H2,24,25,26);1H. The zero-order valence-corrected chi connectivity index (χ0v) is 18.8. The summed E-state index contributed by atoms with van der Waals surface area (Å²) in [4.78, 5) is 16.2. The van der Waals surface area contributed by atoms with Crippen LogP contribution < -0.4 is 16.0 Å². The monoisotopic (exact) mass is 498 g/mol. The highest BCUT2D eigenvalue weighted by molar-refractivity contribution is 14.0.